The van der Waals surface area contributed by atoms with Gasteiger partial charge in [0.05, 0.1) is 0 Å². The van der Waals surface area contributed by atoms with E-state index in [2.05, 4.69) is 45.0 Å². The molecule has 0 aliphatic carbocycles. The first-order valence-corrected chi connectivity index (χ1v) is 8.07. The summed E-state index contributed by atoms with van der Waals surface area (Å²) in [4.78, 5) is 25.6. The Bertz CT molecular complexity index is 641. The van der Waals surface area contributed by atoms with Gasteiger partial charge in [-0.15, -0.1) is 0 Å². The molecule has 0 fully saturated rings. The smallest absolute Gasteiger partial charge is 0.267 e. The van der Waals surface area contributed by atoms with Gasteiger partial charge in [-0.2, -0.15) is 5.10 Å². The van der Waals surface area contributed by atoms with E-state index in [0.717, 1.165) is 26.1 Å². The molecule has 122 valence electrons. The topological polar surface area (TPSA) is 73.8 Å². The number of nitrogens with one attached hydrogen (secondary N) is 2. The second-order valence-corrected chi connectivity index (χ2v) is 6.22. The van der Waals surface area contributed by atoms with Crippen LogP contribution >= 0.6 is 0 Å². The largest absolute Gasteiger partial charge is 0.347 e. The Morgan fingerprint density at radius 2 is 2.09 bits per heavy atom. The molecular formula is C17H22N4O2. The van der Waals surface area contributed by atoms with Gasteiger partial charge in [0.1, 0.15) is 5.71 Å². The van der Waals surface area contributed by atoms with E-state index in [-0.39, 0.29) is 17.9 Å². The monoisotopic (exact) mass is 314 g/mol. The summed E-state index contributed by atoms with van der Waals surface area (Å²) in [6.07, 6.45) is 1.78. The molecule has 0 saturated heterocycles. The number of carbonyl (C=O) groups is 2. The highest BCUT2D eigenvalue weighted by Crippen LogP contribution is 2.18. The van der Waals surface area contributed by atoms with Gasteiger partial charge in [-0.3, -0.25) is 14.5 Å². The lowest BCUT2D eigenvalue weighted by molar-refractivity contribution is -0.121. The quantitative estimate of drug-likeness (QED) is 0.864. The molecule has 2 heterocycles. The molecular weight excluding hydrogens is 292 g/mol. The van der Waals surface area contributed by atoms with Gasteiger partial charge in [-0.1, -0.05) is 24.3 Å². The van der Waals surface area contributed by atoms with E-state index in [0.29, 0.717) is 18.6 Å². The molecule has 3 rings (SSSR count). The maximum atomic E-state index is 12.1. The van der Waals surface area contributed by atoms with E-state index >= 15 is 0 Å². The van der Waals surface area contributed by atoms with Crippen molar-refractivity contribution in [3.63, 3.8) is 0 Å². The van der Waals surface area contributed by atoms with Crippen LogP contribution in [0.5, 0.6) is 0 Å². The second kappa shape index (κ2) is 6.91. The van der Waals surface area contributed by atoms with Crippen LogP contribution in [0.15, 0.2) is 29.4 Å². The molecule has 0 aromatic heterocycles. The number of rotatable bonds is 4. The Morgan fingerprint density at radius 1 is 1.30 bits per heavy atom. The second-order valence-electron chi connectivity index (χ2n) is 6.22. The van der Waals surface area contributed by atoms with Crippen LogP contribution in [0.25, 0.3) is 0 Å². The van der Waals surface area contributed by atoms with Crippen molar-refractivity contribution in [2.75, 3.05) is 13.1 Å². The van der Waals surface area contributed by atoms with Gasteiger partial charge in [0.15, 0.2) is 0 Å². The molecule has 23 heavy (non-hydrogen) atoms. The minimum Gasteiger partial charge on any atom is -0.347 e. The summed E-state index contributed by atoms with van der Waals surface area (Å²) >= 11 is 0. The molecule has 0 bridgehead atoms. The first-order chi connectivity index (χ1) is 11.1. The van der Waals surface area contributed by atoms with Crippen LogP contribution in [0.3, 0.4) is 0 Å². The number of amides is 2. The van der Waals surface area contributed by atoms with Crippen molar-refractivity contribution in [3.8, 4) is 0 Å². The zero-order valence-electron chi connectivity index (χ0n) is 13.3. The third-order valence-corrected chi connectivity index (χ3v) is 4.29. The number of fused-ring (bicyclic) bond motifs is 1. The Balaban J connectivity index is 1.51. The van der Waals surface area contributed by atoms with Crippen molar-refractivity contribution < 1.29 is 9.59 Å². The number of benzene rings is 1. The summed E-state index contributed by atoms with van der Waals surface area (Å²) < 4.78 is 0. The SMILES string of the molecule is CC(CN1CCc2ccccc2C1)NC(=O)C1=NNC(=O)CC1. The van der Waals surface area contributed by atoms with Crippen molar-refractivity contribution >= 4 is 17.5 Å². The average Bonchev–Trinajstić information content (AvgIpc) is 2.55. The minimum absolute atomic E-state index is 0.0353. The molecule has 1 aromatic carbocycles. The van der Waals surface area contributed by atoms with Crippen molar-refractivity contribution in [1.29, 1.82) is 0 Å². The summed E-state index contributed by atoms with van der Waals surface area (Å²) in [5.41, 5.74) is 5.56. The molecule has 6 heteroatoms. The fraction of sp³-hybridized carbons (Fsp3) is 0.471. The fourth-order valence-electron chi connectivity index (χ4n) is 3.09. The van der Waals surface area contributed by atoms with Gasteiger partial charge in [0.2, 0.25) is 5.91 Å². The Morgan fingerprint density at radius 3 is 2.83 bits per heavy atom. The number of carbonyl (C=O) groups excluding carboxylic acids is 2. The van der Waals surface area contributed by atoms with Gasteiger partial charge in [0, 0.05) is 38.5 Å². The van der Waals surface area contributed by atoms with E-state index in [9.17, 15) is 9.59 Å². The van der Waals surface area contributed by atoms with Gasteiger partial charge < -0.3 is 5.32 Å². The van der Waals surface area contributed by atoms with Crippen molar-refractivity contribution in [2.24, 2.45) is 5.10 Å². The number of hydrogen-bond acceptors (Lipinski definition) is 4. The van der Waals surface area contributed by atoms with Gasteiger partial charge in [0.25, 0.3) is 5.91 Å². The van der Waals surface area contributed by atoms with Crippen molar-refractivity contribution in [1.82, 2.24) is 15.6 Å². The third kappa shape index (κ3) is 3.96. The van der Waals surface area contributed by atoms with Crippen molar-refractivity contribution in [3.05, 3.63) is 35.4 Å². The molecule has 2 aliphatic rings. The van der Waals surface area contributed by atoms with Crippen LogP contribution in [-0.2, 0) is 22.6 Å². The normalized spacial score (nSPS) is 19.3. The Hall–Kier alpha value is -2.21. The summed E-state index contributed by atoms with van der Waals surface area (Å²) in [7, 11) is 0. The third-order valence-electron chi connectivity index (χ3n) is 4.29. The fourth-order valence-corrected chi connectivity index (χ4v) is 3.09. The van der Waals surface area contributed by atoms with Crippen LogP contribution in [0, 0.1) is 0 Å². The van der Waals surface area contributed by atoms with Crippen LogP contribution < -0.4 is 10.7 Å². The highest BCUT2D eigenvalue weighted by atomic mass is 16.2. The van der Waals surface area contributed by atoms with E-state index in [4.69, 9.17) is 0 Å². The first kappa shape index (κ1) is 15.7. The predicted molar refractivity (Wildman–Crippen MR) is 87.8 cm³/mol. The van der Waals surface area contributed by atoms with E-state index < -0.39 is 0 Å². The molecule has 0 radical (unpaired) electrons. The molecule has 0 saturated carbocycles. The van der Waals surface area contributed by atoms with E-state index in [1.165, 1.54) is 11.1 Å². The molecule has 2 amide bonds. The summed E-state index contributed by atoms with van der Waals surface area (Å²) in [5.74, 6) is -0.323. The molecule has 2 aliphatic heterocycles. The molecule has 2 N–H and O–H groups in total. The van der Waals surface area contributed by atoms with E-state index in [1.807, 2.05) is 6.92 Å². The number of hydrazone groups is 1. The highest BCUT2D eigenvalue weighted by molar-refractivity contribution is 6.39. The lowest BCUT2D eigenvalue weighted by Crippen LogP contribution is -2.46. The minimum atomic E-state index is -0.185. The summed E-state index contributed by atoms with van der Waals surface area (Å²) in [6.45, 7) is 4.74. The Kier molecular flexibility index (Phi) is 4.71. The first-order valence-electron chi connectivity index (χ1n) is 8.07. The number of hydrogen-bond donors (Lipinski definition) is 2. The average molecular weight is 314 g/mol. The van der Waals surface area contributed by atoms with Gasteiger partial charge >= 0.3 is 0 Å². The van der Waals surface area contributed by atoms with Crippen molar-refractivity contribution in [2.45, 2.75) is 38.8 Å². The molecule has 1 aromatic rings. The van der Waals surface area contributed by atoms with E-state index in [1.54, 1.807) is 0 Å². The molecule has 1 atom stereocenters. The van der Waals surface area contributed by atoms with Gasteiger partial charge in [-0.05, 0) is 24.5 Å². The van der Waals surface area contributed by atoms with Crippen LogP contribution in [0.2, 0.25) is 0 Å². The van der Waals surface area contributed by atoms with Crippen LogP contribution in [-0.4, -0.2) is 41.6 Å². The van der Waals surface area contributed by atoms with Crippen LogP contribution in [0.1, 0.15) is 30.9 Å². The summed E-state index contributed by atoms with van der Waals surface area (Å²) in [6, 6.07) is 8.55. The zero-order chi connectivity index (χ0) is 16.2. The zero-order valence-corrected chi connectivity index (χ0v) is 13.3. The molecule has 0 spiro atoms. The predicted octanol–water partition coefficient (Wildman–Crippen LogP) is 0.815. The maximum Gasteiger partial charge on any atom is 0.267 e. The number of nitrogens with zero attached hydrogens (tertiary/aromatic N) is 2. The Labute approximate surface area is 135 Å². The lowest BCUT2D eigenvalue weighted by Gasteiger charge is -2.31. The van der Waals surface area contributed by atoms with Crippen LogP contribution in [0.4, 0.5) is 0 Å². The standard InChI is InChI=1S/C17H22N4O2/c1-12(18-17(23)15-6-7-16(22)20-19-15)10-21-9-8-13-4-2-3-5-14(13)11-21/h2-5,12H,6-11H2,1H3,(H,18,23)(H,20,22). The lowest BCUT2D eigenvalue weighted by atomic mass is 9.99. The molecule has 1 unspecified atom stereocenters. The van der Waals surface area contributed by atoms with Gasteiger partial charge in [-0.25, -0.2) is 5.43 Å². The maximum absolute atomic E-state index is 12.1. The summed E-state index contributed by atoms with van der Waals surface area (Å²) in [5, 5.41) is 6.80. The highest BCUT2D eigenvalue weighted by Gasteiger charge is 2.22. The molecule has 6 nitrogen and oxygen atoms in total.